The lowest BCUT2D eigenvalue weighted by atomic mass is 10.2. The number of halogens is 1. The first-order valence-electron chi connectivity index (χ1n) is 4.69. The summed E-state index contributed by atoms with van der Waals surface area (Å²) < 4.78 is 14.6. The Hall–Kier alpha value is -1.84. The highest BCUT2D eigenvalue weighted by Gasteiger charge is 2.03. The maximum atomic E-state index is 12.8. The third kappa shape index (κ3) is 1.98. The van der Waals surface area contributed by atoms with E-state index in [-0.39, 0.29) is 5.82 Å². The normalized spacial score (nSPS) is 10.5. The molecule has 3 nitrogen and oxygen atoms in total. The molecule has 0 atom stereocenters. The molecule has 0 aliphatic rings. The van der Waals surface area contributed by atoms with Gasteiger partial charge in [-0.3, -0.25) is 4.68 Å². The average Bonchev–Trinajstić information content (AvgIpc) is 2.57. The molecule has 78 valence electrons. The average molecular weight is 205 g/mol. The highest BCUT2D eigenvalue weighted by Crippen LogP contribution is 2.15. The van der Waals surface area contributed by atoms with Crippen LogP contribution in [0.2, 0.25) is 0 Å². The van der Waals surface area contributed by atoms with Crippen LogP contribution in [0.5, 0.6) is 0 Å². The maximum Gasteiger partial charge on any atom is 0.125 e. The van der Waals surface area contributed by atoms with Gasteiger partial charge in [0.2, 0.25) is 0 Å². The second-order valence-corrected chi connectivity index (χ2v) is 3.47. The maximum absolute atomic E-state index is 12.8. The Bertz CT molecular complexity index is 476. The Morgan fingerprint density at radius 3 is 2.80 bits per heavy atom. The molecule has 0 amide bonds. The molecule has 1 heterocycles. The Balaban J connectivity index is 2.29. The monoisotopic (exact) mass is 205 g/mol. The van der Waals surface area contributed by atoms with Crippen molar-refractivity contribution in [3.8, 4) is 0 Å². The number of hydrogen-bond donors (Lipinski definition) is 1. The fourth-order valence-corrected chi connectivity index (χ4v) is 1.44. The predicted octanol–water partition coefficient (Wildman–Crippen LogP) is 1.96. The van der Waals surface area contributed by atoms with Gasteiger partial charge >= 0.3 is 0 Å². The van der Waals surface area contributed by atoms with Gasteiger partial charge < -0.3 is 5.73 Å². The van der Waals surface area contributed by atoms with Gasteiger partial charge in [0.1, 0.15) is 5.82 Å². The molecule has 2 rings (SSSR count). The third-order valence-corrected chi connectivity index (χ3v) is 2.36. The van der Waals surface area contributed by atoms with Crippen molar-refractivity contribution < 1.29 is 4.39 Å². The van der Waals surface area contributed by atoms with E-state index in [1.165, 1.54) is 12.1 Å². The van der Waals surface area contributed by atoms with Gasteiger partial charge in [-0.1, -0.05) is 6.07 Å². The smallest absolute Gasteiger partial charge is 0.125 e. The summed E-state index contributed by atoms with van der Waals surface area (Å²) in [6.07, 6.45) is 1.73. The minimum Gasteiger partial charge on any atom is -0.398 e. The van der Waals surface area contributed by atoms with Crippen molar-refractivity contribution >= 4 is 5.69 Å². The number of benzene rings is 1. The van der Waals surface area contributed by atoms with Crippen LogP contribution in [0, 0.1) is 12.7 Å². The first-order chi connectivity index (χ1) is 7.16. The van der Waals surface area contributed by atoms with E-state index in [0.29, 0.717) is 12.2 Å². The Morgan fingerprint density at radius 2 is 2.20 bits per heavy atom. The Kier molecular flexibility index (Phi) is 2.41. The summed E-state index contributed by atoms with van der Waals surface area (Å²) in [5, 5.41) is 4.14. The van der Waals surface area contributed by atoms with Gasteiger partial charge in [-0.25, -0.2) is 4.39 Å². The highest BCUT2D eigenvalue weighted by molar-refractivity contribution is 5.46. The minimum absolute atomic E-state index is 0.312. The molecule has 0 saturated heterocycles. The van der Waals surface area contributed by atoms with Gasteiger partial charge in [-0.2, -0.15) is 5.10 Å². The van der Waals surface area contributed by atoms with Crippen LogP contribution >= 0.6 is 0 Å². The van der Waals surface area contributed by atoms with Crippen molar-refractivity contribution in [3.05, 3.63) is 47.5 Å². The van der Waals surface area contributed by atoms with Gasteiger partial charge in [0.25, 0.3) is 0 Å². The van der Waals surface area contributed by atoms with Gasteiger partial charge in [0.05, 0.1) is 6.54 Å². The standard InChI is InChI=1S/C11H12FN3/c1-8-4-5-14-15(8)7-9-2-3-10(12)6-11(9)13/h2-6H,7,13H2,1H3. The lowest BCUT2D eigenvalue weighted by Gasteiger charge is -2.07. The number of nitrogen functional groups attached to an aromatic ring is 1. The SMILES string of the molecule is Cc1ccnn1Cc1ccc(F)cc1N. The van der Waals surface area contributed by atoms with E-state index in [2.05, 4.69) is 5.10 Å². The summed E-state index contributed by atoms with van der Waals surface area (Å²) in [5.41, 5.74) is 8.10. The molecule has 0 spiro atoms. The van der Waals surface area contributed by atoms with Crippen LogP contribution in [-0.4, -0.2) is 9.78 Å². The first kappa shape index (κ1) is 9.71. The molecule has 0 saturated carbocycles. The molecular formula is C11H12FN3. The quantitative estimate of drug-likeness (QED) is 0.761. The van der Waals surface area contributed by atoms with Crippen molar-refractivity contribution in [3.63, 3.8) is 0 Å². The lowest BCUT2D eigenvalue weighted by molar-refractivity contribution is 0.624. The van der Waals surface area contributed by atoms with E-state index in [4.69, 9.17) is 5.73 Å². The molecule has 0 radical (unpaired) electrons. The van der Waals surface area contributed by atoms with E-state index in [1.54, 1.807) is 12.3 Å². The summed E-state index contributed by atoms with van der Waals surface area (Å²) in [6.45, 7) is 2.54. The minimum atomic E-state index is -0.312. The predicted molar refractivity (Wildman–Crippen MR) is 56.9 cm³/mol. The molecule has 0 unspecified atom stereocenters. The largest absolute Gasteiger partial charge is 0.398 e. The number of nitrogens with two attached hydrogens (primary N) is 1. The summed E-state index contributed by atoms with van der Waals surface area (Å²) >= 11 is 0. The summed E-state index contributed by atoms with van der Waals surface area (Å²) in [7, 11) is 0. The molecular weight excluding hydrogens is 193 g/mol. The van der Waals surface area contributed by atoms with E-state index in [1.807, 2.05) is 17.7 Å². The van der Waals surface area contributed by atoms with E-state index in [9.17, 15) is 4.39 Å². The van der Waals surface area contributed by atoms with Crippen LogP contribution in [0.15, 0.2) is 30.5 Å². The number of hydrogen-bond acceptors (Lipinski definition) is 2. The summed E-state index contributed by atoms with van der Waals surface area (Å²) in [4.78, 5) is 0. The van der Waals surface area contributed by atoms with E-state index in [0.717, 1.165) is 11.3 Å². The lowest BCUT2D eigenvalue weighted by Crippen LogP contribution is -2.06. The number of aryl methyl sites for hydroxylation is 1. The van der Waals surface area contributed by atoms with Crippen LogP contribution in [0.1, 0.15) is 11.3 Å². The molecule has 2 aromatic rings. The molecule has 1 aromatic carbocycles. The van der Waals surface area contributed by atoms with Crippen LogP contribution in [-0.2, 0) is 6.54 Å². The fourth-order valence-electron chi connectivity index (χ4n) is 1.44. The zero-order chi connectivity index (χ0) is 10.8. The van der Waals surface area contributed by atoms with Gasteiger partial charge in [-0.05, 0) is 30.7 Å². The van der Waals surface area contributed by atoms with Gasteiger partial charge in [-0.15, -0.1) is 0 Å². The molecule has 15 heavy (non-hydrogen) atoms. The van der Waals surface area contributed by atoms with Crippen molar-refractivity contribution in [1.82, 2.24) is 9.78 Å². The van der Waals surface area contributed by atoms with Crippen LogP contribution in [0.4, 0.5) is 10.1 Å². The Labute approximate surface area is 87.3 Å². The molecule has 0 bridgehead atoms. The zero-order valence-corrected chi connectivity index (χ0v) is 8.44. The molecule has 4 heteroatoms. The fraction of sp³-hybridized carbons (Fsp3) is 0.182. The topological polar surface area (TPSA) is 43.8 Å². The number of anilines is 1. The highest BCUT2D eigenvalue weighted by atomic mass is 19.1. The number of aromatic nitrogens is 2. The van der Waals surface area contributed by atoms with Crippen molar-refractivity contribution in [1.29, 1.82) is 0 Å². The van der Waals surface area contributed by atoms with Crippen LogP contribution in [0.25, 0.3) is 0 Å². The first-order valence-corrected chi connectivity index (χ1v) is 4.69. The molecule has 2 N–H and O–H groups in total. The van der Waals surface area contributed by atoms with E-state index >= 15 is 0 Å². The van der Waals surface area contributed by atoms with Crippen LogP contribution < -0.4 is 5.73 Å². The summed E-state index contributed by atoms with van der Waals surface area (Å²) in [5.74, 6) is -0.312. The van der Waals surface area contributed by atoms with E-state index < -0.39 is 0 Å². The summed E-state index contributed by atoms with van der Waals surface area (Å²) in [6, 6.07) is 6.34. The van der Waals surface area contributed by atoms with Crippen molar-refractivity contribution in [2.45, 2.75) is 13.5 Å². The second-order valence-electron chi connectivity index (χ2n) is 3.47. The zero-order valence-electron chi connectivity index (χ0n) is 8.44. The van der Waals surface area contributed by atoms with Crippen molar-refractivity contribution in [2.75, 3.05) is 5.73 Å². The Morgan fingerprint density at radius 1 is 1.40 bits per heavy atom. The third-order valence-electron chi connectivity index (χ3n) is 2.36. The molecule has 0 fully saturated rings. The number of rotatable bonds is 2. The second kappa shape index (κ2) is 3.73. The molecule has 0 aliphatic carbocycles. The van der Waals surface area contributed by atoms with Gasteiger partial charge in [0, 0.05) is 17.6 Å². The van der Waals surface area contributed by atoms with Crippen molar-refractivity contribution in [2.24, 2.45) is 0 Å². The molecule has 1 aromatic heterocycles. The molecule has 0 aliphatic heterocycles. The van der Waals surface area contributed by atoms with Crippen LogP contribution in [0.3, 0.4) is 0 Å². The van der Waals surface area contributed by atoms with Gasteiger partial charge in [0.15, 0.2) is 0 Å². The number of nitrogens with zero attached hydrogens (tertiary/aromatic N) is 2.